The molecule has 2 aromatic rings. The van der Waals surface area contributed by atoms with E-state index in [0.29, 0.717) is 12.0 Å². The van der Waals surface area contributed by atoms with Gasteiger partial charge >= 0.3 is 0 Å². The fourth-order valence-corrected chi connectivity index (χ4v) is 3.81. The van der Waals surface area contributed by atoms with Crippen LogP contribution in [0.2, 0.25) is 0 Å². The molecule has 1 aliphatic heterocycles. The maximum atomic E-state index is 13.9. The van der Waals surface area contributed by atoms with Crippen LogP contribution in [0.3, 0.4) is 0 Å². The molecule has 0 aromatic heterocycles. The Hall–Kier alpha value is -3.22. The third kappa shape index (κ3) is 5.03. The summed E-state index contributed by atoms with van der Waals surface area (Å²) in [5.41, 5.74) is 2.40. The standard InChI is InChI=1S/C24H25FN4O/c1-15-3-4-16(2)28-23(15)24(30)29-21(14-27)11-17-5-7-18(8-6-17)19-9-10-20(13-26)22(25)12-19/h5-10,12,15-16,21,23,28H,3-4,11H2,1-2H3,(H,29,30)/t15-,16+,21+,23+/m1/s1. The van der Waals surface area contributed by atoms with E-state index in [4.69, 9.17) is 5.26 Å². The Morgan fingerprint density at radius 3 is 2.50 bits per heavy atom. The molecule has 5 nitrogen and oxygen atoms in total. The summed E-state index contributed by atoms with van der Waals surface area (Å²) in [6.07, 6.45) is 2.42. The van der Waals surface area contributed by atoms with E-state index in [9.17, 15) is 14.4 Å². The van der Waals surface area contributed by atoms with Crippen LogP contribution in [0, 0.1) is 34.4 Å². The fraction of sp³-hybridized carbons (Fsp3) is 0.375. The number of hydrogen-bond acceptors (Lipinski definition) is 4. The van der Waals surface area contributed by atoms with Gasteiger partial charge in [-0.1, -0.05) is 37.3 Å². The normalized spacial score (nSPS) is 21.8. The maximum absolute atomic E-state index is 13.9. The first-order chi connectivity index (χ1) is 14.4. The van der Waals surface area contributed by atoms with E-state index in [2.05, 4.69) is 30.6 Å². The van der Waals surface area contributed by atoms with Gasteiger partial charge in [-0.15, -0.1) is 0 Å². The van der Waals surface area contributed by atoms with E-state index in [1.54, 1.807) is 6.07 Å². The number of benzene rings is 2. The molecule has 4 atom stereocenters. The summed E-state index contributed by atoms with van der Waals surface area (Å²) in [4.78, 5) is 12.7. The summed E-state index contributed by atoms with van der Waals surface area (Å²) in [6, 6.07) is 15.3. The number of hydrogen-bond donors (Lipinski definition) is 2. The Bertz CT molecular complexity index is 990. The SMILES string of the molecule is C[C@@H]1CC[C@H](C)N[C@@H]1C(=O)N[C@H](C#N)Cc1ccc(-c2ccc(C#N)c(F)c2)cc1. The number of rotatable bonds is 5. The lowest BCUT2D eigenvalue weighted by Gasteiger charge is -2.33. The highest BCUT2D eigenvalue weighted by Crippen LogP contribution is 2.23. The first-order valence-corrected chi connectivity index (χ1v) is 10.2. The molecule has 0 unspecified atom stereocenters. The van der Waals surface area contributed by atoms with E-state index >= 15 is 0 Å². The van der Waals surface area contributed by atoms with Gasteiger partial charge in [-0.05, 0) is 54.5 Å². The van der Waals surface area contributed by atoms with Gasteiger partial charge in [-0.3, -0.25) is 4.79 Å². The van der Waals surface area contributed by atoms with E-state index < -0.39 is 11.9 Å². The number of halogens is 1. The maximum Gasteiger partial charge on any atom is 0.238 e. The van der Waals surface area contributed by atoms with E-state index in [-0.39, 0.29) is 29.5 Å². The number of nitriles is 2. The molecule has 0 radical (unpaired) electrons. The Kier molecular flexibility index (Phi) is 6.82. The zero-order valence-electron chi connectivity index (χ0n) is 17.2. The Morgan fingerprint density at radius 1 is 1.17 bits per heavy atom. The average molecular weight is 404 g/mol. The van der Waals surface area contributed by atoms with E-state index in [1.807, 2.05) is 30.3 Å². The van der Waals surface area contributed by atoms with E-state index in [1.165, 1.54) is 12.1 Å². The molecule has 6 heteroatoms. The number of nitrogens with one attached hydrogen (secondary N) is 2. The van der Waals surface area contributed by atoms with Crippen molar-refractivity contribution in [3.05, 3.63) is 59.4 Å². The van der Waals surface area contributed by atoms with Crippen molar-refractivity contribution < 1.29 is 9.18 Å². The van der Waals surface area contributed by atoms with Crippen LogP contribution in [-0.2, 0) is 11.2 Å². The second-order valence-electron chi connectivity index (χ2n) is 8.00. The van der Waals surface area contributed by atoms with Crippen molar-refractivity contribution in [2.45, 2.75) is 51.2 Å². The molecular formula is C24H25FN4O. The second-order valence-corrected chi connectivity index (χ2v) is 8.00. The molecule has 3 rings (SSSR count). The van der Waals surface area contributed by atoms with Crippen molar-refractivity contribution in [1.82, 2.24) is 10.6 Å². The van der Waals surface area contributed by atoms with Gasteiger partial charge in [-0.2, -0.15) is 10.5 Å². The molecule has 1 saturated heterocycles. The van der Waals surface area contributed by atoms with Gasteiger partial charge in [0.25, 0.3) is 0 Å². The number of carbonyl (C=O) groups is 1. The van der Waals surface area contributed by atoms with Gasteiger partial charge in [0.15, 0.2) is 0 Å². The zero-order valence-corrected chi connectivity index (χ0v) is 17.2. The highest BCUT2D eigenvalue weighted by Gasteiger charge is 2.31. The van der Waals surface area contributed by atoms with Crippen LogP contribution in [-0.4, -0.2) is 24.0 Å². The van der Waals surface area contributed by atoms with Crippen LogP contribution >= 0.6 is 0 Å². The molecule has 1 amide bonds. The lowest BCUT2D eigenvalue weighted by Crippen LogP contribution is -2.55. The summed E-state index contributed by atoms with van der Waals surface area (Å²) in [6.45, 7) is 4.12. The topological polar surface area (TPSA) is 88.7 Å². The third-order valence-electron chi connectivity index (χ3n) is 5.66. The van der Waals surface area contributed by atoms with Crippen molar-refractivity contribution in [3.8, 4) is 23.3 Å². The largest absolute Gasteiger partial charge is 0.339 e. The predicted molar refractivity (Wildman–Crippen MR) is 113 cm³/mol. The minimum absolute atomic E-state index is 0.0131. The molecule has 154 valence electrons. The molecule has 0 bridgehead atoms. The van der Waals surface area contributed by atoms with Crippen molar-refractivity contribution in [1.29, 1.82) is 10.5 Å². The predicted octanol–water partition coefficient (Wildman–Crippen LogP) is 3.69. The minimum Gasteiger partial charge on any atom is -0.339 e. The van der Waals surface area contributed by atoms with Crippen LogP contribution < -0.4 is 10.6 Å². The summed E-state index contributed by atoms with van der Waals surface area (Å²) >= 11 is 0. The zero-order chi connectivity index (χ0) is 21.7. The highest BCUT2D eigenvalue weighted by molar-refractivity contribution is 5.82. The van der Waals surface area contributed by atoms with Crippen molar-refractivity contribution in [2.75, 3.05) is 0 Å². The molecule has 0 saturated carbocycles. The highest BCUT2D eigenvalue weighted by atomic mass is 19.1. The lowest BCUT2D eigenvalue weighted by molar-refractivity contribution is -0.125. The van der Waals surface area contributed by atoms with Gasteiger partial charge < -0.3 is 10.6 Å². The van der Waals surface area contributed by atoms with Gasteiger partial charge in [-0.25, -0.2) is 4.39 Å². The monoisotopic (exact) mass is 404 g/mol. The summed E-state index contributed by atoms with van der Waals surface area (Å²) < 4.78 is 13.9. The fourth-order valence-electron chi connectivity index (χ4n) is 3.81. The smallest absolute Gasteiger partial charge is 0.238 e. The molecule has 0 spiro atoms. The minimum atomic E-state index is -0.623. The number of nitrogens with zero attached hydrogens (tertiary/aromatic N) is 2. The van der Waals surface area contributed by atoms with E-state index in [0.717, 1.165) is 24.0 Å². The van der Waals surface area contributed by atoms with Crippen LogP contribution in [0.5, 0.6) is 0 Å². The molecule has 0 aliphatic carbocycles. The third-order valence-corrected chi connectivity index (χ3v) is 5.66. The van der Waals surface area contributed by atoms with Gasteiger partial charge in [0, 0.05) is 12.5 Å². The Morgan fingerprint density at radius 2 is 1.87 bits per heavy atom. The van der Waals surface area contributed by atoms with Crippen molar-refractivity contribution >= 4 is 5.91 Å². The molecule has 2 N–H and O–H groups in total. The number of carbonyl (C=O) groups excluding carboxylic acids is 1. The molecule has 2 aromatic carbocycles. The molecule has 1 aliphatic rings. The lowest BCUT2D eigenvalue weighted by atomic mass is 9.88. The van der Waals surface area contributed by atoms with Crippen LogP contribution in [0.4, 0.5) is 4.39 Å². The van der Waals surface area contributed by atoms with Gasteiger partial charge in [0.2, 0.25) is 5.91 Å². The quantitative estimate of drug-likeness (QED) is 0.795. The Balaban J connectivity index is 1.65. The number of amides is 1. The van der Waals surface area contributed by atoms with Crippen molar-refractivity contribution in [3.63, 3.8) is 0 Å². The van der Waals surface area contributed by atoms with Crippen LogP contribution in [0.15, 0.2) is 42.5 Å². The first-order valence-electron chi connectivity index (χ1n) is 10.2. The first kappa shape index (κ1) is 21.5. The van der Waals surface area contributed by atoms with Gasteiger partial charge in [0.1, 0.15) is 17.9 Å². The molecular weight excluding hydrogens is 379 g/mol. The molecule has 30 heavy (non-hydrogen) atoms. The molecule has 1 fully saturated rings. The summed E-state index contributed by atoms with van der Waals surface area (Å²) in [5.74, 6) is -0.455. The second kappa shape index (κ2) is 9.52. The van der Waals surface area contributed by atoms with Crippen molar-refractivity contribution in [2.24, 2.45) is 5.92 Å². The average Bonchev–Trinajstić information content (AvgIpc) is 2.75. The van der Waals surface area contributed by atoms with Gasteiger partial charge in [0.05, 0.1) is 17.7 Å². The molecule has 1 heterocycles. The number of piperidine rings is 1. The van der Waals surface area contributed by atoms with Crippen LogP contribution in [0.1, 0.15) is 37.8 Å². The summed E-state index contributed by atoms with van der Waals surface area (Å²) in [5, 5.41) is 24.5. The van der Waals surface area contributed by atoms with Crippen LogP contribution in [0.25, 0.3) is 11.1 Å². The Labute approximate surface area is 176 Å². The summed E-state index contributed by atoms with van der Waals surface area (Å²) in [7, 11) is 0.